The molecule has 0 atom stereocenters. The first-order chi connectivity index (χ1) is 8.75. The van der Waals surface area contributed by atoms with Crippen LogP contribution in [0.15, 0.2) is 21.7 Å². The topological polar surface area (TPSA) is 59.6 Å². The number of halogens is 4. The van der Waals surface area contributed by atoms with Crippen LogP contribution < -0.4 is 15.9 Å². The molecule has 0 aromatic heterocycles. The number of nitrogens with two attached hydrogens (primary N) is 1. The van der Waals surface area contributed by atoms with Crippen molar-refractivity contribution < 1.29 is 17.9 Å². The standard InChI is InChI=1S/C10H9BrF3N3OS/c1-18-8-6(10(12,13)14)2-5(3-7(8)11)4-16-17-9(15)19/h2-4H,1H3,(H3,15,17,19). The van der Waals surface area contributed by atoms with Crippen LogP contribution in [0.3, 0.4) is 0 Å². The summed E-state index contributed by atoms with van der Waals surface area (Å²) in [5.41, 5.74) is 6.69. The van der Waals surface area contributed by atoms with Crippen LogP contribution in [0.1, 0.15) is 11.1 Å². The van der Waals surface area contributed by atoms with Crippen LogP contribution in [0, 0.1) is 0 Å². The average Bonchev–Trinajstić information content (AvgIpc) is 2.26. The second kappa shape index (κ2) is 6.20. The van der Waals surface area contributed by atoms with Gasteiger partial charge in [0.05, 0.1) is 23.4 Å². The van der Waals surface area contributed by atoms with Gasteiger partial charge < -0.3 is 10.5 Å². The smallest absolute Gasteiger partial charge is 0.420 e. The van der Waals surface area contributed by atoms with E-state index in [1.54, 1.807) is 0 Å². The Bertz CT molecular complexity index is 519. The number of hydrazone groups is 1. The van der Waals surface area contributed by atoms with Gasteiger partial charge in [0.2, 0.25) is 0 Å². The Kier molecular flexibility index (Phi) is 5.12. The Hall–Kier alpha value is -1.35. The Balaban J connectivity index is 3.20. The fraction of sp³-hybridized carbons (Fsp3) is 0.200. The van der Waals surface area contributed by atoms with Crippen LogP contribution >= 0.6 is 28.1 Å². The number of ether oxygens (including phenoxy) is 1. The first-order valence-corrected chi connectivity index (χ1v) is 5.99. The maximum absolute atomic E-state index is 12.8. The normalized spacial score (nSPS) is 11.6. The molecule has 0 unspecified atom stereocenters. The zero-order valence-corrected chi connectivity index (χ0v) is 12.0. The molecule has 104 valence electrons. The number of nitrogens with zero attached hydrogens (tertiary/aromatic N) is 1. The second-order valence-electron chi connectivity index (χ2n) is 3.32. The summed E-state index contributed by atoms with van der Waals surface area (Å²) in [6.45, 7) is 0. The van der Waals surface area contributed by atoms with Gasteiger partial charge in [-0.3, -0.25) is 5.43 Å². The number of hydrogen-bond donors (Lipinski definition) is 2. The van der Waals surface area contributed by atoms with Crippen molar-refractivity contribution in [2.75, 3.05) is 7.11 Å². The van der Waals surface area contributed by atoms with Gasteiger partial charge in [-0.1, -0.05) is 0 Å². The van der Waals surface area contributed by atoms with Gasteiger partial charge in [-0.05, 0) is 45.8 Å². The van der Waals surface area contributed by atoms with E-state index < -0.39 is 11.7 Å². The van der Waals surface area contributed by atoms with Crippen LogP contribution in [0.4, 0.5) is 13.2 Å². The minimum Gasteiger partial charge on any atom is -0.495 e. The van der Waals surface area contributed by atoms with Gasteiger partial charge in [-0.15, -0.1) is 0 Å². The highest BCUT2D eigenvalue weighted by Gasteiger charge is 2.35. The summed E-state index contributed by atoms with van der Waals surface area (Å²) in [6.07, 6.45) is -3.37. The third-order valence-electron chi connectivity index (χ3n) is 1.96. The van der Waals surface area contributed by atoms with E-state index >= 15 is 0 Å². The number of thiocarbonyl (C=S) groups is 1. The molecule has 19 heavy (non-hydrogen) atoms. The molecule has 0 heterocycles. The van der Waals surface area contributed by atoms with Crippen LogP contribution in [-0.4, -0.2) is 18.4 Å². The highest BCUT2D eigenvalue weighted by Crippen LogP contribution is 2.40. The third kappa shape index (κ3) is 4.35. The summed E-state index contributed by atoms with van der Waals surface area (Å²) in [7, 11) is 1.16. The lowest BCUT2D eigenvalue weighted by molar-refractivity contribution is -0.138. The minimum absolute atomic E-state index is 0.0835. The van der Waals surface area contributed by atoms with Crippen molar-refractivity contribution in [3.05, 3.63) is 27.7 Å². The molecule has 1 aromatic carbocycles. The number of alkyl halides is 3. The van der Waals surface area contributed by atoms with Crippen molar-refractivity contribution >= 4 is 39.5 Å². The van der Waals surface area contributed by atoms with Gasteiger partial charge >= 0.3 is 6.18 Å². The Morgan fingerprint density at radius 1 is 1.53 bits per heavy atom. The molecule has 0 aliphatic carbocycles. The fourth-order valence-corrected chi connectivity index (χ4v) is 1.97. The Labute approximate surface area is 120 Å². The number of hydrogen-bond acceptors (Lipinski definition) is 3. The molecule has 0 saturated heterocycles. The van der Waals surface area contributed by atoms with Gasteiger partial charge in [0.25, 0.3) is 0 Å². The molecular weight excluding hydrogens is 347 g/mol. The van der Waals surface area contributed by atoms with E-state index in [9.17, 15) is 13.2 Å². The molecule has 0 radical (unpaired) electrons. The highest BCUT2D eigenvalue weighted by molar-refractivity contribution is 9.10. The van der Waals surface area contributed by atoms with E-state index in [1.165, 1.54) is 12.3 Å². The summed E-state index contributed by atoms with van der Waals surface area (Å²) in [5, 5.41) is 3.51. The molecule has 1 rings (SSSR count). The summed E-state index contributed by atoms with van der Waals surface area (Å²) >= 11 is 7.52. The van der Waals surface area contributed by atoms with Gasteiger partial charge in [0.1, 0.15) is 5.75 Å². The summed E-state index contributed by atoms with van der Waals surface area (Å²) < 4.78 is 43.4. The lowest BCUT2D eigenvalue weighted by Crippen LogP contribution is -2.24. The van der Waals surface area contributed by atoms with Crippen molar-refractivity contribution in [2.45, 2.75) is 6.18 Å². The van der Waals surface area contributed by atoms with E-state index in [1.807, 2.05) is 0 Å². The molecule has 0 aliphatic heterocycles. The van der Waals surface area contributed by atoms with Crippen LogP contribution in [0.5, 0.6) is 5.75 Å². The first kappa shape index (κ1) is 15.7. The molecule has 0 amide bonds. The summed E-state index contributed by atoms with van der Waals surface area (Å²) in [6, 6.07) is 2.34. The lowest BCUT2D eigenvalue weighted by Gasteiger charge is -2.14. The van der Waals surface area contributed by atoms with Crippen LogP contribution in [-0.2, 0) is 6.18 Å². The van der Waals surface area contributed by atoms with E-state index in [-0.39, 0.29) is 20.9 Å². The predicted molar refractivity (Wildman–Crippen MR) is 73.2 cm³/mol. The van der Waals surface area contributed by atoms with Crippen molar-refractivity contribution in [3.63, 3.8) is 0 Å². The Morgan fingerprint density at radius 3 is 2.63 bits per heavy atom. The monoisotopic (exact) mass is 355 g/mol. The minimum atomic E-state index is -4.53. The van der Waals surface area contributed by atoms with Crippen molar-refractivity contribution in [1.82, 2.24) is 5.43 Å². The van der Waals surface area contributed by atoms with Crippen LogP contribution in [0.2, 0.25) is 0 Å². The molecule has 0 saturated carbocycles. The van der Waals surface area contributed by atoms with E-state index in [0.717, 1.165) is 13.2 Å². The summed E-state index contributed by atoms with van der Waals surface area (Å²) in [5.74, 6) is -0.285. The largest absolute Gasteiger partial charge is 0.495 e. The Morgan fingerprint density at radius 2 is 2.16 bits per heavy atom. The second-order valence-corrected chi connectivity index (χ2v) is 4.61. The molecule has 0 spiro atoms. The van der Waals surface area contributed by atoms with Crippen molar-refractivity contribution in [1.29, 1.82) is 0 Å². The van der Waals surface area contributed by atoms with Gasteiger partial charge in [0, 0.05) is 0 Å². The molecule has 3 N–H and O–H groups in total. The van der Waals surface area contributed by atoms with Gasteiger partial charge in [-0.25, -0.2) is 0 Å². The van der Waals surface area contributed by atoms with E-state index in [0.29, 0.717) is 0 Å². The molecule has 9 heteroatoms. The van der Waals surface area contributed by atoms with Gasteiger partial charge in [0.15, 0.2) is 5.11 Å². The van der Waals surface area contributed by atoms with E-state index in [4.69, 9.17) is 10.5 Å². The zero-order valence-electron chi connectivity index (χ0n) is 9.58. The predicted octanol–water partition coefficient (Wildman–Crippen LogP) is 2.64. The zero-order chi connectivity index (χ0) is 14.6. The molecular formula is C10H9BrF3N3OS. The summed E-state index contributed by atoms with van der Waals surface area (Å²) in [4.78, 5) is 0. The fourth-order valence-electron chi connectivity index (χ4n) is 1.28. The molecule has 1 aromatic rings. The number of benzene rings is 1. The SMILES string of the molecule is COc1c(Br)cc(C=NNC(N)=S)cc1C(F)(F)F. The van der Waals surface area contributed by atoms with Gasteiger partial charge in [-0.2, -0.15) is 18.3 Å². The maximum atomic E-state index is 12.8. The molecule has 0 fully saturated rings. The van der Waals surface area contributed by atoms with Crippen molar-refractivity contribution in [3.8, 4) is 5.75 Å². The number of methoxy groups -OCH3 is 1. The van der Waals surface area contributed by atoms with E-state index in [2.05, 4.69) is 38.7 Å². The maximum Gasteiger partial charge on any atom is 0.420 e. The average molecular weight is 356 g/mol. The molecule has 0 aliphatic rings. The number of rotatable bonds is 3. The quantitative estimate of drug-likeness (QED) is 0.497. The van der Waals surface area contributed by atoms with Crippen molar-refractivity contribution in [2.24, 2.45) is 10.8 Å². The highest BCUT2D eigenvalue weighted by atomic mass is 79.9. The van der Waals surface area contributed by atoms with Crippen LogP contribution in [0.25, 0.3) is 0 Å². The first-order valence-electron chi connectivity index (χ1n) is 4.79. The molecule has 4 nitrogen and oxygen atoms in total. The molecule has 0 bridgehead atoms. The lowest BCUT2D eigenvalue weighted by atomic mass is 10.1. The third-order valence-corrected chi connectivity index (χ3v) is 2.64. The number of nitrogens with one attached hydrogen (secondary N) is 1.